The summed E-state index contributed by atoms with van der Waals surface area (Å²) in [4.78, 5) is 6.17. The molecule has 13 heavy (non-hydrogen) atoms. The SMILES string of the molecule is CC(Cl)CN(C)Cc1ccncc1. The molecule has 2 nitrogen and oxygen atoms in total. The molecule has 3 heteroatoms. The van der Waals surface area contributed by atoms with Gasteiger partial charge in [0.1, 0.15) is 0 Å². The maximum Gasteiger partial charge on any atom is 0.0435 e. The molecule has 0 N–H and O–H groups in total. The molecule has 0 radical (unpaired) electrons. The second kappa shape index (κ2) is 5.20. The molecule has 1 heterocycles. The van der Waals surface area contributed by atoms with Crippen LogP contribution in [0.3, 0.4) is 0 Å². The number of halogens is 1. The van der Waals surface area contributed by atoms with Gasteiger partial charge in [-0.25, -0.2) is 0 Å². The van der Waals surface area contributed by atoms with Crippen molar-refractivity contribution in [3.05, 3.63) is 30.1 Å². The van der Waals surface area contributed by atoms with E-state index in [1.807, 2.05) is 31.5 Å². The van der Waals surface area contributed by atoms with Gasteiger partial charge in [-0.3, -0.25) is 4.98 Å². The lowest BCUT2D eigenvalue weighted by Crippen LogP contribution is -2.24. The molecule has 0 amide bonds. The minimum absolute atomic E-state index is 0.201. The topological polar surface area (TPSA) is 16.1 Å². The Bertz CT molecular complexity index is 236. The third-order valence-electron chi connectivity index (χ3n) is 1.77. The van der Waals surface area contributed by atoms with Crippen molar-refractivity contribution in [3.8, 4) is 0 Å². The van der Waals surface area contributed by atoms with Gasteiger partial charge < -0.3 is 4.90 Å². The first-order chi connectivity index (χ1) is 6.18. The second-order valence-corrected chi connectivity index (χ2v) is 4.08. The van der Waals surface area contributed by atoms with E-state index in [1.54, 1.807) is 0 Å². The van der Waals surface area contributed by atoms with E-state index in [0.29, 0.717) is 0 Å². The first-order valence-electron chi connectivity index (χ1n) is 4.40. The highest BCUT2D eigenvalue weighted by molar-refractivity contribution is 6.20. The van der Waals surface area contributed by atoms with E-state index < -0.39 is 0 Å². The van der Waals surface area contributed by atoms with Gasteiger partial charge >= 0.3 is 0 Å². The van der Waals surface area contributed by atoms with Crippen LogP contribution in [0, 0.1) is 0 Å². The van der Waals surface area contributed by atoms with Crippen LogP contribution in [0.2, 0.25) is 0 Å². The zero-order chi connectivity index (χ0) is 9.68. The average molecular weight is 199 g/mol. The van der Waals surface area contributed by atoms with E-state index in [-0.39, 0.29) is 5.38 Å². The van der Waals surface area contributed by atoms with E-state index in [4.69, 9.17) is 11.6 Å². The maximum atomic E-state index is 5.88. The Labute approximate surface area is 84.5 Å². The number of hydrogen-bond acceptors (Lipinski definition) is 2. The third-order valence-corrected chi connectivity index (χ3v) is 1.90. The molecule has 1 aromatic heterocycles. The van der Waals surface area contributed by atoms with Crippen LogP contribution in [0.4, 0.5) is 0 Å². The van der Waals surface area contributed by atoms with Gasteiger partial charge in [0, 0.05) is 30.9 Å². The smallest absolute Gasteiger partial charge is 0.0435 e. The normalized spacial score (nSPS) is 13.2. The monoisotopic (exact) mass is 198 g/mol. The van der Waals surface area contributed by atoms with Crippen molar-refractivity contribution in [3.63, 3.8) is 0 Å². The Hall–Kier alpha value is -0.600. The zero-order valence-corrected chi connectivity index (χ0v) is 8.83. The highest BCUT2D eigenvalue weighted by Crippen LogP contribution is 2.03. The van der Waals surface area contributed by atoms with Crippen LogP contribution in [0.5, 0.6) is 0 Å². The van der Waals surface area contributed by atoms with Crippen molar-refractivity contribution in [1.29, 1.82) is 0 Å². The Morgan fingerprint density at radius 3 is 2.62 bits per heavy atom. The maximum absolute atomic E-state index is 5.88. The molecule has 0 spiro atoms. The molecule has 0 aliphatic rings. The molecule has 0 aromatic carbocycles. The highest BCUT2D eigenvalue weighted by Gasteiger charge is 2.03. The van der Waals surface area contributed by atoms with Gasteiger partial charge in [0.05, 0.1) is 0 Å². The fraction of sp³-hybridized carbons (Fsp3) is 0.500. The molecule has 1 aromatic rings. The molecule has 72 valence electrons. The summed E-state index contributed by atoms with van der Waals surface area (Å²) < 4.78 is 0. The predicted octanol–water partition coefficient (Wildman–Crippen LogP) is 2.14. The molecular weight excluding hydrogens is 184 g/mol. The Balaban J connectivity index is 2.41. The fourth-order valence-corrected chi connectivity index (χ4v) is 1.53. The van der Waals surface area contributed by atoms with Crippen LogP contribution in [0.15, 0.2) is 24.5 Å². The number of aromatic nitrogens is 1. The van der Waals surface area contributed by atoms with Gasteiger partial charge in [-0.1, -0.05) is 0 Å². The van der Waals surface area contributed by atoms with E-state index in [0.717, 1.165) is 13.1 Å². The highest BCUT2D eigenvalue weighted by atomic mass is 35.5. The quantitative estimate of drug-likeness (QED) is 0.690. The van der Waals surface area contributed by atoms with Gasteiger partial charge in [0.2, 0.25) is 0 Å². The third kappa shape index (κ3) is 4.25. The van der Waals surface area contributed by atoms with Gasteiger partial charge in [-0.2, -0.15) is 0 Å². The van der Waals surface area contributed by atoms with Gasteiger partial charge in [-0.05, 0) is 31.7 Å². The van der Waals surface area contributed by atoms with E-state index >= 15 is 0 Å². The summed E-state index contributed by atoms with van der Waals surface area (Å²) >= 11 is 5.88. The van der Waals surface area contributed by atoms with Crippen LogP contribution >= 0.6 is 11.6 Å². The van der Waals surface area contributed by atoms with Crippen molar-refractivity contribution in [2.75, 3.05) is 13.6 Å². The summed E-state index contributed by atoms with van der Waals surface area (Å²) in [6, 6.07) is 4.05. The van der Waals surface area contributed by atoms with Crippen LogP contribution in [-0.4, -0.2) is 28.9 Å². The van der Waals surface area contributed by atoms with Crippen molar-refractivity contribution in [2.45, 2.75) is 18.8 Å². The molecule has 0 saturated heterocycles. The van der Waals surface area contributed by atoms with Crippen LogP contribution in [-0.2, 0) is 6.54 Å². The summed E-state index contributed by atoms with van der Waals surface area (Å²) in [7, 11) is 2.07. The number of pyridine rings is 1. The minimum Gasteiger partial charge on any atom is -0.301 e. The lowest BCUT2D eigenvalue weighted by atomic mass is 10.2. The molecule has 0 aliphatic carbocycles. The molecule has 1 unspecified atom stereocenters. The van der Waals surface area contributed by atoms with Crippen molar-refractivity contribution >= 4 is 11.6 Å². The Morgan fingerprint density at radius 1 is 1.46 bits per heavy atom. The summed E-state index contributed by atoms with van der Waals surface area (Å²) in [5, 5.41) is 0.201. The molecule has 1 rings (SSSR count). The molecule has 0 saturated carbocycles. The lowest BCUT2D eigenvalue weighted by Gasteiger charge is -2.17. The molecular formula is C10H15ClN2. The minimum atomic E-state index is 0.201. The predicted molar refractivity (Wildman–Crippen MR) is 55.9 cm³/mol. The van der Waals surface area contributed by atoms with Crippen molar-refractivity contribution < 1.29 is 0 Å². The largest absolute Gasteiger partial charge is 0.301 e. The van der Waals surface area contributed by atoms with Crippen LogP contribution in [0.1, 0.15) is 12.5 Å². The van der Waals surface area contributed by atoms with Gasteiger partial charge in [0.25, 0.3) is 0 Å². The second-order valence-electron chi connectivity index (χ2n) is 3.33. The number of hydrogen-bond donors (Lipinski definition) is 0. The first kappa shape index (κ1) is 10.5. The van der Waals surface area contributed by atoms with Crippen molar-refractivity contribution in [2.24, 2.45) is 0 Å². The standard InChI is InChI=1S/C10H15ClN2/c1-9(11)7-13(2)8-10-3-5-12-6-4-10/h3-6,9H,7-8H2,1-2H3. The van der Waals surface area contributed by atoms with E-state index in [2.05, 4.69) is 16.9 Å². The Morgan fingerprint density at radius 2 is 2.08 bits per heavy atom. The zero-order valence-electron chi connectivity index (χ0n) is 8.07. The van der Waals surface area contributed by atoms with Crippen molar-refractivity contribution in [1.82, 2.24) is 9.88 Å². The molecule has 0 fully saturated rings. The molecule has 1 atom stereocenters. The lowest BCUT2D eigenvalue weighted by molar-refractivity contribution is 0.330. The van der Waals surface area contributed by atoms with Crippen LogP contribution in [0.25, 0.3) is 0 Å². The van der Waals surface area contributed by atoms with Gasteiger partial charge in [-0.15, -0.1) is 11.6 Å². The van der Waals surface area contributed by atoms with Crippen LogP contribution < -0.4 is 0 Å². The summed E-state index contributed by atoms with van der Waals surface area (Å²) in [5.74, 6) is 0. The number of rotatable bonds is 4. The van der Waals surface area contributed by atoms with E-state index in [1.165, 1.54) is 5.56 Å². The fourth-order valence-electron chi connectivity index (χ4n) is 1.29. The Kier molecular flexibility index (Phi) is 4.19. The summed E-state index contributed by atoms with van der Waals surface area (Å²) in [6.07, 6.45) is 3.63. The molecule has 0 bridgehead atoms. The van der Waals surface area contributed by atoms with E-state index in [9.17, 15) is 0 Å². The summed E-state index contributed by atoms with van der Waals surface area (Å²) in [6.45, 7) is 3.84. The first-order valence-corrected chi connectivity index (χ1v) is 4.83. The average Bonchev–Trinajstić information content (AvgIpc) is 2.04. The number of alkyl halides is 1. The molecule has 0 aliphatic heterocycles. The number of nitrogens with zero attached hydrogens (tertiary/aromatic N) is 2. The summed E-state index contributed by atoms with van der Waals surface area (Å²) in [5.41, 5.74) is 1.27. The van der Waals surface area contributed by atoms with Gasteiger partial charge in [0.15, 0.2) is 0 Å².